The van der Waals surface area contributed by atoms with Crippen LogP contribution in [0.3, 0.4) is 0 Å². The van der Waals surface area contributed by atoms with Gasteiger partial charge in [0.1, 0.15) is 5.82 Å². The maximum absolute atomic E-state index is 13.7. The molecule has 1 aliphatic carbocycles. The second kappa shape index (κ2) is 6.26. The van der Waals surface area contributed by atoms with Crippen LogP contribution in [0.25, 0.3) is 0 Å². The summed E-state index contributed by atoms with van der Waals surface area (Å²) in [5.41, 5.74) is 2.82. The van der Waals surface area contributed by atoms with E-state index in [1.54, 1.807) is 12.1 Å². The molecule has 0 aliphatic heterocycles. The molecule has 0 spiro atoms. The predicted octanol–water partition coefficient (Wildman–Crippen LogP) is 4.65. The zero-order chi connectivity index (χ0) is 14.8. The summed E-state index contributed by atoms with van der Waals surface area (Å²) in [5.74, 6) is 1.01. The molecule has 2 rings (SSSR count). The molecule has 0 aromatic heterocycles. The number of halogens is 1. The molecule has 112 valence electrons. The van der Waals surface area contributed by atoms with Crippen molar-refractivity contribution in [3.05, 3.63) is 35.1 Å². The summed E-state index contributed by atoms with van der Waals surface area (Å²) in [6.45, 7) is 11.0. The molecule has 1 saturated carbocycles. The van der Waals surface area contributed by atoms with E-state index in [0.29, 0.717) is 17.3 Å². The van der Waals surface area contributed by atoms with Crippen LogP contribution in [-0.2, 0) is 0 Å². The fraction of sp³-hybridized carbons (Fsp3) is 0.667. The number of hydrogen-bond donors (Lipinski definition) is 1. The molecule has 1 nitrogen and oxygen atoms in total. The van der Waals surface area contributed by atoms with Crippen molar-refractivity contribution < 1.29 is 4.39 Å². The molecule has 1 aromatic carbocycles. The Kier molecular flexibility index (Phi) is 4.85. The third kappa shape index (κ3) is 3.60. The molecule has 0 saturated heterocycles. The molecule has 0 heterocycles. The van der Waals surface area contributed by atoms with E-state index in [0.717, 1.165) is 19.5 Å². The molecule has 1 N–H and O–H groups in total. The Morgan fingerprint density at radius 3 is 2.80 bits per heavy atom. The Labute approximate surface area is 123 Å². The van der Waals surface area contributed by atoms with E-state index in [4.69, 9.17) is 0 Å². The Hall–Kier alpha value is -0.890. The van der Waals surface area contributed by atoms with Gasteiger partial charge in [-0.3, -0.25) is 0 Å². The van der Waals surface area contributed by atoms with Gasteiger partial charge in [-0.1, -0.05) is 26.8 Å². The van der Waals surface area contributed by atoms with Crippen LogP contribution in [0.4, 0.5) is 4.39 Å². The van der Waals surface area contributed by atoms with Crippen LogP contribution in [0.1, 0.15) is 57.1 Å². The molecule has 2 atom stereocenters. The normalized spacial score (nSPS) is 25.6. The molecule has 1 aliphatic rings. The van der Waals surface area contributed by atoms with E-state index >= 15 is 0 Å². The first-order chi connectivity index (χ1) is 9.43. The highest BCUT2D eigenvalue weighted by atomic mass is 19.1. The van der Waals surface area contributed by atoms with Gasteiger partial charge in [0.2, 0.25) is 0 Å². The standard InChI is InChI=1S/C18H28FN/c1-5-20-12-14-8-9-18(3,4)11-17(14)16-10-15(19)7-6-13(16)2/h6-7,10,14,17,20H,5,8-9,11-12H2,1-4H3. The second-order valence-corrected chi connectivity index (χ2v) is 7.08. The van der Waals surface area contributed by atoms with E-state index in [-0.39, 0.29) is 5.82 Å². The molecule has 1 fully saturated rings. The summed E-state index contributed by atoms with van der Waals surface area (Å²) in [6, 6.07) is 5.27. The van der Waals surface area contributed by atoms with Crippen LogP contribution in [0, 0.1) is 24.1 Å². The molecule has 20 heavy (non-hydrogen) atoms. The highest BCUT2D eigenvalue weighted by Crippen LogP contribution is 2.47. The largest absolute Gasteiger partial charge is 0.317 e. The van der Waals surface area contributed by atoms with Gasteiger partial charge in [-0.2, -0.15) is 0 Å². The molecule has 2 heteroatoms. The third-order valence-electron chi connectivity index (χ3n) is 4.83. The lowest BCUT2D eigenvalue weighted by molar-refractivity contribution is 0.159. The Morgan fingerprint density at radius 1 is 1.35 bits per heavy atom. The molecule has 2 unspecified atom stereocenters. The maximum Gasteiger partial charge on any atom is 0.123 e. The molecule has 1 aromatic rings. The summed E-state index contributed by atoms with van der Waals surface area (Å²) in [5, 5.41) is 3.49. The Bertz CT molecular complexity index is 453. The van der Waals surface area contributed by atoms with Crippen molar-refractivity contribution in [2.75, 3.05) is 13.1 Å². The molecule has 0 radical (unpaired) electrons. The quantitative estimate of drug-likeness (QED) is 0.844. The molecule has 0 amide bonds. The van der Waals surface area contributed by atoms with Gasteiger partial charge in [-0.05, 0) is 79.8 Å². The fourth-order valence-electron chi connectivity index (χ4n) is 3.59. The number of hydrogen-bond acceptors (Lipinski definition) is 1. The van der Waals surface area contributed by atoms with E-state index in [1.807, 2.05) is 6.07 Å². The molecular weight excluding hydrogens is 249 g/mol. The van der Waals surface area contributed by atoms with Gasteiger partial charge in [-0.15, -0.1) is 0 Å². The fourth-order valence-corrected chi connectivity index (χ4v) is 3.59. The summed E-state index contributed by atoms with van der Waals surface area (Å²) >= 11 is 0. The number of nitrogens with one attached hydrogen (secondary N) is 1. The number of aryl methyl sites for hydroxylation is 1. The Balaban J connectivity index is 2.28. The van der Waals surface area contributed by atoms with Gasteiger partial charge in [0, 0.05) is 0 Å². The molecular formula is C18H28FN. The van der Waals surface area contributed by atoms with Crippen LogP contribution in [-0.4, -0.2) is 13.1 Å². The SMILES string of the molecule is CCNCC1CCC(C)(C)CC1c1cc(F)ccc1C. The highest BCUT2D eigenvalue weighted by molar-refractivity contribution is 5.31. The first-order valence-electron chi connectivity index (χ1n) is 7.90. The number of rotatable bonds is 4. The highest BCUT2D eigenvalue weighted by Gasteiger charge is 2.36. The first-order valence-corrected chi connectivity index (χ1v) is 7.90. The minimum absolute atomic E-state index is 0.101. The smallest absolute Gasteiger partial charge is 0.123 e. The van der Waals surface area contributed by atoms with Crippen LogP contribution >= 0.6 is 0 Å². The van der Waals surface area contributed by atoms with E-state index < -0.39 is 0 Å². The van der Waals surface area contributed by atoms with Gasteiger partial charge >= 0.3 is 0 Å². The van der Waals surface area contributed by atoms with Crippen LogP contribution < -0.4 is 5.32 Å². The first kappa shape index (κ1) is 15.5. The van der Waals surface area contributed by atoms with Crippen molar-refractivity contribution >= 4 is 0 Å². The van der Waals surface area contributed by atoms with Gasteiger partial charge in [0.15, 0.2) is 0 Å². The third-order valence-corrected chi connectivity index (χ3v) is 4.83. The van der Waals surface area contributed by atoms with Crippen LogP contribution in [0.15, 0.2) is 18.2 Å². The predicted molar refractivity (Wildman–Crippen MR) is 83.5 cm³/mol. The lowest BCUT2D eigenvalue weighted by Gasteiger charge is -2.41. The number of benzene rings is 1. The van der Waals surface area contributed by atoms with E-state index in [2.05, 4.69) is 33.0 Å². The second-order valence-electron chi connectivity index (χ2n) is 7.08. The molecule has 0 bridgehead atoms. The van der Waals surface area contributed by atoms with Crippen molar-refractivity contribution in [2.24, 2.45) is 11.3 Å². The van der Waals surface area contributed by atoms with Crippen LogP contribution in [0.2, 0.25) is 0 Å². The minimum Gasteiger partial charge on any atom is -0.317 e. The zero-order valence-corrected chi connectivity index (χ0v) is 13.3. The zero-order valence-electron chi connectivity index (χ0n) is 13.3. The van der Waals surface area contributed by atoms with Crippen LogP contribution in [0.5, 0.6) is 0 Å². The topological polar surface area (TPSA) is 12.0 Å². The average Bonchev–Trinajstić information content (AvgIpc) is 2.39. The van der Waals surface area contributed by atoms with Crippen molar-refractivity contribution in [1.82, 2.24) is 5.32 Å². The Morgan fingerprint density at radius 2 is 2.10 bits per heavy atom. The van der Waals surface area contributed by atoms with E-state index in [9.17, 15) is 4.39 Å². The van der Waals surface area contributed by atoms with Gasteiger partial charge in [0.25, 0.3) is 0 Å². The lowest BCUT2D eigenvalue weighted by Crippen LogP contribution is -2.35. The van der Waals surface area contributed by atoms with Gasteiger partial charge in [0.05, 0.1) is 0 Å². The average molecular weight is 277 g/mol. The van der Waals surface area contributed by atoms with Crippen molar-refractivity contribution in [3.63, 3.8) is 0 Å². The van der Waals surface area contributed by atoms with Crippen molar-refractivity contribution in [2.45, 2.75) is 52.9 Å². The van der Waals surface area contributed by atoms with Crippen molar-refractivity contribution in [3.8, 4) is 0 Å². The van der Waals surface area contributed by atoms with Gasteiger partial charge < -0.3 is 5.32 Å². The summed E-state index contributed by atoms with van der Waals surface area (Å²) in [4.78, 5) is 0. The van der Waals surface area contributed by atoms with Gasteiger partial charge in [-0.25, -0.2) is 4.39 Å². The minimum atomic E-state index is -0.101. The summed E-state index contributed by atoms with van der Waals surface area (Å²) in [6.07, 6.45) is 3.67. The monoisotopic (exact) mass is 277 g/mol. The van der Waals surface area contributed by atoms with E-state index in [1.165, 1.54) is 24.0 Å². The maximum atomic E-state index is 13.7. The summed E-state index contributed by atoms with van der Waals surface area (Å²) < 4.78 is 13.7. The van der Waals surface area contributed by atoms with Crippen molar-refractivity contribution in [1.29, 1.82) is 0 Å². The lowest BCUT2D eigenvalue weighted by atomic mass is 9.64. The summed E-state index contributed by atoms with van der Waals surface area (Å²) in [7, 11) is 0.